The fourth-order valence-corrected chi connectivity index (χ4v) is 2.50. The topological polar surface area (TPSA) is 92.9 Å². The molecule has 1 saturated heterocycles. The van der Waals surface area contributed by atoms with Gasteiger partial charge in [-0.3, -0.25) is 4.79 Å². The number of benzene rings is 1. The van der Waals surface area contributed by atoms with Crippen LogP contribution in [-0.4, -0.2) is 53.7 Å². The van der Waals surface area contributed by atoms with Gasteiger partial charge in [0, 0.05) is 5.56 Å². The Bertz CT molecular complexity index is 538. The number of aliphatic carboxylic acids is 1. The van der Waals surface area contributed by atoms with Crippen molar-refractivity contribution in [3.63, 3.8) is 0 Å². The number of amides is 1. The lowest BCUT2D eigenvalue weighted by Gasteiger charge is -2.47. The molecular formula is C15H20N2O4. The lowest BCUT2D eigenvalue weighted by atomic mass is 9.94. The standard InChI is InChI=1S/C15H20N2O4/c1-15(21-8-13(18)19)9-17(10-15)14(20)12-5-3-2-4-11(12)6-7-16/h2-5H,6-10,16H2,1H3,(H,18,19). The normalized spacial score (nSPS) is 16.4. The number of carbonyl (C=O) groups excluding carboxylic acids is 1. The summed E-state index contributed by atoms with van der Waals surface area (Å²) in [6.45, 7) is 2.75. The number of ether oxygens (including phenoxy) is 1. The maximum absolute atomic E-state index is 12.5. The first-order valence-corrected chi connectivity index (χ1v) is 6.88. The number of carboxylic acid groups (broad SMARTS) is 1. The molecule has 1 aliphatic heterocycles. The Morgan fingerprint density at radius 1 is 1.38 bits per heavy atom. The highest BCUT2D eigenvalue weighted by Gasteiger charge is 2.43. The molecule has 1 fully saturated rings. The Hall–Kier alpha value is -1.92. The van der Waals surface area contributed by atoms with E-state index in [1.54, 1.807) is 11.0 Å². The lowest BCUT2D eigenvalue weighted by molar-refractivity contribution is -0.159. The predicted molar refractivity (Wildman–Crippen MR) is 77.1 cm³/mol. The molecule has 114 valence electrons. The average Bonchev–Trinajstić information content (AvgIpc) is 2.42. The quantitative estimate of drug-likeness (QED) is 0.796. The smallest absolute Gasteiger partial charge is 0.329 e. The predicted octanol–water partition coefficient (Wildman–Crippen LogP) is 0.504. The van der Waals surface area contributed by atoms with Gasteiger partial charge < -0.3 is 20.5 Å². The molecule has 2 rings (SSSR count). The molecular weight excluding hydrogens is 272 g/mol. The number of likely N-dealkylation sites (tertiary alicyclic amines) is 1. The number of hydrogen-bond donors (Lipinski definition) is 2. The monoisotopic (exact) mass is 292 g/mol. The highest BCUT2D eigenvalue weighted by Crippen LogP contribution is 2.27. The van der Waals surface area contributed by atoms with Gasteiger partial charge >= 0.3 is 5.97 Å². The fourth-order valence-electron chi connectivity index (χ4n) is 2.50. The van der Waals surface area contributed by atoms with Gasteiger partial charge in [0.15, 0.2) is 0 Å². The average molecular weight is 292 g/mol. The molecule has 6 nitrogen and oxygen atoms in total. The van der Waals surface area contributed by atoms with Crippen LogP contribution in [0, 0.1) is 0 Å². The molecule has 0 radical (unpaired) electrons. The molecule has 3 N–H and O–H groups in total. The highest BCUT2D eigenvalue weighted by atomic mass is 16.5. The molecule has 0 spiro atoms. The third kappa shape index (κ3) is 3.59. The molecule has 6 heteroatoms. The van der Waals surface area contributed by atoms with Gasteiger partial charge in [-0.2, -0.15) is 0 Å². The van der Waals surface area contributed by atoms with Crippen molar-refractivity contribution in [2.24, 2.45) is 5.73 Å². The van der Waals surface area contributed by atoms with Crippen molar-refractivity contribution in [3.05, 3.63) is 35.4 Å². The minimum absolute atomic E-state index is 0.0598. The molecule has 0 saturated carbocycles. The Morgan fingerprint density at radius 2 is 2.05 bits per heavy atom. The summed E-state index contributed by atoms with van der Waals surface area (Å²) in [5.41, 5.74) is 6.58. The second kappa shape index (κ2) is 6.24. The van der Waals surface area contributed by atoms with Crippen LogP contribution in [0.3, 0.4) is 0 Å². The van der Waals surface area contributed by atoms with E-state index in [0.717, 1.165) is 5.56 Å². The number of rotatable bonds is 6. The zero-order chi connectivity index (χ0) is 15.5. The minimum atomic E-state index is -1.01. The Kier molecular flexibility index (Phi) is 4.59. The van der Waals surface area contributed by atoms with Gasteiger partial charge in [0.25, 0.3) is 5.91 Å². The molecule has 1 amide bonds. The summed E-state index contributed by atoms with van der Waals surface area (Å²) in [6.07, 6.45) is 0.655. The summed E-state index contributed by atoms with van der Waals surface area (Å²) >= 11 is 0. The minimum Gasteiger partial charge on any atom is -0.480 e. The SMILES string of the molecule is CC1(OCC(=O)O)CN(C(=O)c2ccccc2CCN)C1. The molecule has 0 atom stereocenters. The molecule has 0 unspecified atom stereocenters. The first kappa shape index (κ1) is 15.5. The van der Waals surface area contributed by atoms with E-state index in [1.165, 1.54) is 0 Å². The van der Waals surface area contributed by atoms with Crippen LogP contribution >= 0.6 is 0 Å². The Labute approximate surface area is 123 Å². The Morgan fingerprint density at radius 3 is 2.67 bits per heavy atom. The van der Waals surface area contributed by atoms with Gasteiger partial charge in [0.1, 0.15) is 12.2 Å². The summed E-state index contributed by atoms with van der Waals surface area (Å²) in [5.74, 6) is -1.07. The maximum atomic E-state index is 12.5. The van der Waals surface area contributed by atoms with Crippen molar-refractivity contribution >= 4 is 11.9 Å². The van der Waals surface area contributed by atoms with Gasteiger partial charge in [-0.05, 0) is 31.5 Å². The zero-order valence-electron chi connectivity index (χ0n) is 12.0. The van der Waals surface area contributed by atoms with Crippen molar-refractivity contribution in [2.75, 3.05) is 26.2 Å². The molecule has 1 aromatic rings. The van der Waals surface area contributed by atoms with Crippen LogP contribution in [0.25, 0.3) is 0 Å². The van der Waals surface area contributed by atoms with Crippen LogP contribution in [0.1, 0.15) is 22.8 Å². The fraction of sp³-hybridized carbons (Fsp3) is 0.467. The molecule has 0 bridgehead atoms. The van der Waals surface area contributed by atoms with Crippen LogP contribution in [-0.2, 0) is 16.0 Å². The second-order valence-electron chi connectivity index (χ2n) is 5.49. The number of carbonyl (C=O) groups is 2. The van der Waals surface area contributed by atoms with Gasteiger partial charge in [0.2, 0.25) is 0 Å². The van der Waals surface area contributed by atoms with Gasteiger partial charge in [-0.25, -0.2) is 4.79 Å². The summed E-state index contributed by atoms with van der Waals surface area (Å²) in [4.78, 5) is 24.6. The van der Waals surface area contributed by atoms with Gasteiger partial charge in [-0.1, -0.05) is 18.2 Å². The third-order valence-corrected chi connectivity index (χ3v) is 3.54. The van der Waals surface area contributed by atoms with E-state index in [1.807, 2.05) is 25.1 Å². The van der Waals surface area contributed by atoms with Crippen molar-refractivity contribution in [2.45, 2.75) is 18.9 Å². The Balaban J connectivity index is 1.99. The second-order valence-corrected chi connectivity index (χ2v) is 5.49. The van der Waals surface area contributed by atoms with Crippen LogP contribution in [0.2, 0.25) is 0 Å². The summed E-state index contributed by atoms with van der Waals surface area (Å²) in [6, 6.07) is 7.41. The molecule has 1 aromatic carbocycles. The van der Waals surface area contributed by atoms with Gasteiger partial charge in [-0.15, -0.1) is 0 Å². The molecule has 1 aliphatic rings. The van der Waals surface area contributed by atoms with Crippen molar-refractivity contribution < 1.29 is 19.4 Å². The van der Waals surface area contributed by atoms with Crippen molar-refractivity contribution in [1.82, 2.24) is 4.90 Å². The van der Waals surface area contributed by atoms with E-state index in [-0.39, 0.29) is 12.5 Å². The van der Waals surface area contributed by atoms with Crippen LogP contribution in [0.15, 0.2) is 24.3 Å². The molecule has 21 heavy (non-hydrogen) atoms. The van der Waals surface area contributed by atoms with Crippen LogP contribution in [0.4, 0.5) is 0 Å². The highest BCUT2D eigenvalue weighted by molar-refractivity contribution is 5.96. The third-order valence-electron chi connectivity index (χ3n) is 3.54. The maximum Gasteiger partial charge on any atom is 0.329 e. The van der Waals surface area contributed by atoms with E-state index in [4.69, 9.17) is 15.6 Å². The van der Waals surface area contributed by atoms with E-state index in [0.29, 0.717) is 31.6 Å². The summed E-state index contributed by atoms with van der Waals surface area (Å²) in [5, 5.41) is 8.63. The first-order chi connectivity index (χ1) is 9.95. The summed E-state index contributed by atoms with van der Waals surface area (Å²) in [7, 11) is 0. The number of hydrogen-bond acceptors (Lipinski definition) is 4. The zero-order valence-corrected chi connectivity index (χ0v) is 12.0. The van der Waals surface area contributed by atoms with Crippen molar-refractivity contribution in [3.8, 4) is 0 Å². The van der Waals surface area contributed by atoms with Crippen LogP contribution < -0.4 is 5.73 Å². The van der Waals surface area contributed by atoms with Crippen molar-refractivity contribution in [1.29, 1.82) is 0 Å². The number of nitrogens with zero attached hydrogens (tertiary/aromatic N) is 1. The molecule has 1 heterocycles. The van der Waals surface area contributed by atoms with E-state index < -0.39 is 11.6 Å². The van der Waals surface area contributed by atoms with Gasteiger partial charge in [0.05, 0.1) is 13.1 Å². The van der Waals surface area contributed by atoms with E-state index >= 15 is 0 Å². The number of carboxylic acids is 1. The van der Waals surface area contributed by atoms with E-state index in [9.17, 15) is 9.59 Å². The van der Waals surface area contributed by atoms with E-state index in [2.05, 4.69) is 0 Å². The molecule has 0 aromatic heterocycles. The number of nitrogens with two attached hydrogens (primary N) is 1. The summed E-state index contributed by atoms with van der Waals surface area (Å²) < 4.78 is 5.31. The first-order valence-electron chi connectivity index (χ1n) is 6.88. The van der Waals surface area contributed by atoms with Crippen LogP contribution in [0.5, 0.6) is 0 Å². The lowest BCUT2D eigenvalue weighted by Crippen LogP contribution is -2.63. The largest absolute Gasteiger partial charge is 0.480 e. The molecule has 0 aliphatic carbocycles.